The van der Waals surface area contributed by atoms with Crippen molar-refractivity contribution in [1.82, 2.24) is 9.55 Å². The van der Waals surface area contributed by atoms with Crippen molar-refractivity contribution in [1.29, 1.82) is 0 Å². The molecule has 2 aromatic heterocycles. The molecule has 0 bridgehead atoms. The first-order chi connectivity index (χ1) is 8.95. The van der Waals surface area contributed by atoms with Gasteiger partial charge in [0.15, 0.2) is 0 Å². The quantitative estimate of drug-likeness (QED) is 0.603. The SMILES string of the molecule is C1=CSCc2cccc3c4cnccc4n(c23)C1. The molecule has 4 rings (SSSR count). The fourth-order valence-corrected chi connectivity index (χ4v) is 3.47. The monoisotopic (exact) mass is 252 g/mol. The number of thioether (sulfide) groups is 1. The molecule has 1 aromatic carbocycles. The smallest absolute Gasteiger partial charge is 0.0536 e. The minimum absolute atomic E-state index is 0.939. The summed E-state index contributed by atoms with van der Waals surface area (Å²) in [6.45, 7) is 0.939. The fourth-order valence-electron chi connectivity index (χ4n) is 2.74. The van der Waals surface area contributed by atoms with Crippen molar-refractivity contribution in [3.63, 3.8) is 0 Å². The number of rotatable bonds is 0. The molecule has 0 spiro atoms. The number of hydrogen-bond acceptors (Lipinski definition) is 2. The molecule has 0 saturated carbocycles. The van der Waals surface area contributed by atoms with E-state index in [1.807, 2.05) is 24.2 Å². The second-order valence-electron chi connectivity index (χ2n) is 4.50. The highest BCUT2D eigenvalue weighted by Gasteiger charge is 2.13. The molecular formula is C15H12N2S. The minimum Gasteiger partial charge on any atom is -0.336 e. The van der Waals surface area contributed by atoms with Gasteiger partial charge in [-0.15, -0.1) is 11.8 Å². The summed E-state index contributed by atoms with van der Waals surface area (Å²) in [5.41, 5.74) is 4.07. The van der Waals surface area contributed by atoms with Crippen molar-refractivity contribution in [2.24, 2.45) is 0 Å². The summed E-state index contributed by atoms with van der Waals surface area (Å²) in [5.74, 6) is 1.04. The standard InChI is InChI=1S/C15H12N2S/c1-3-11-10-18-8-2-7-17-14-5-6-16-9-13(14)12(4-1)15(11)17/h1-6,8-9H,7,10H2. The maximum absolute atomic E-state index is 4.27. The predicted molar refractivity (Wildman–Crippen MR) is 77.7 cm³/mol. The summed E-state index contributed by atoms with van der Waals surface area (Å²) in [4.78, 5) is 4.27. The number of pyridine rings is 1. The number of hydrogen-bond donors (Lipinski definition) is 0. The zero-order valence-corrected chi connectivity index (χ0v) is 10.7. The Kier molecular flexibility index (Phi) is 2.20. The molecule has 0 radical (unpaired) electrons. The Balaban J connectivity index is 2.25. The van der Waals surface area contributed by atoms with Gasteiger partial charge >= 0.3 is 0 Å². The lowest BCUT2D eigenvalue weighted by atomic mass is 10.1. The molecule has 18 heavy (non-hydrogen) atoms. The van der Waals surface area contributed by atoms with E-state index in [1.165, 1.54) is 27.4 Å². The van der Waals surface area contributed by atoms with E-state index in [4.69, 9.17) is 0 Å². The van der Waals surface area contributed by atoms with E-state index >= 15 is 0 Å². The van der Waals surface area contributed by atoms with Gasteiger partial charge < -0.3 is 4.57 Å². The summed E-state index contributed by atoms with van der Waals surface area (Å²) in [5, 5.41) is 4.79. The van der Waals surface area contributed by atoms with Gasteiger partial charge in [-0.3, -0.25) is 4.98 Å². The van der Waals surface area contributed by atoms with Gasteiger partial charge in [-0.25, -0.2) is 0 Å². The molecule has 88 valence electrons. The predicted octanol–water partition coefficient (Wildman–Crippen LogP) is 3.95. The maximum atomic E-state index is 4.27. The first kappa shape index (κ1) is 10.2. The Morgan fingerprint density at radius 1 is 1.17 bits per heavy atom. The summed E-state index contributed by atoms with van der Waals surface area (Å²) >= 11 is 1.87. The molecule has 0 atom stereocenters. The number of fused-ring (bicyclic) bond motifs is 3. The Bertz CT molecular complexity index is 771. The number of benzene rings is 1. The third kappa shape index (κ3) is 1.34. The van der Waals surface area contributed by atoms with Crippen LogP contribution in [0.3, 0.4) is 0 Å². The molecule has 1 aliphatic rings. The van der Waals surface area contributed by atoms with E-state index in [0.717, 1.165) is 12.3 Å². The molecule has 2 nitrogen and oxygen atoms in total. The lowest BCUT2D eigenvalue weighted by Gasteiger charge is -2.10. The third-order valence-electron chi connectivity index (χ3n) is 3.49. The van der Waals surface area contributed by atoms with Gasteiger partial charge in [0.2, 0.25) is 0 Å². The number of para-hydroxylation sites is 1. The van der Waals surface area contributed by atoms with Crippen LogP contribution in [0.15, 0.2) is 48.1 Å². The Hall–Kier alpha value is -1.74. The van der Waals surface area contributed by atoms with E-state index in [1.54, 1.807) is 0 Å². The van der Waals surface area contributed by atoms with Gasteiger partial charge in [0.05, 0.1) is 11.0 Å². The van der Waals surface area contributed by atoms with Crippen LogP contribution < -0.4 is 0 Å². The van der Waals surface area contributed by atoms with Crippen molar-refractivity contribution in [3.05, 3.63) is 53.7 Å². The van der Waals surface area contributed by atoms with Crippen molar-refractivity contribution >= 4 is 33.6 Å². The first-order valence-electron chi connectivity index (χ1n) is 6.05. The van der Waals surface area contributed by atoms with E-state index in [0.29, 0.717) is 0 Å². The maximum Gasteiger partial charge on any atom is 0.0536 e. The number of allylic oxidation sites excluding steroid dienone is 1. The molecule has 3 aromatic rings. The highest BCUT2D eigenvalue weighted by Crippen LogP contribution is 2.33. The lowest BCUT2D eigenvalue weighted by Crippen LogP contribution is -1.98. The topological polar surface area (TPSA) is 17.8 Å². The molecule has 1 aliphatic heterocycles. The number of nitrogens with zero attached hydrogens (tertiary/aromatic N) is 2. The van der Waals surface area contributed by atoms with E-state index < -0.39 is 0 Å². The van der Waals surface area contributed by atoms with Crippen LogP contribution >= 0.6 is 11.8 Å². The van der Waals surface area contributed by atoms with Crippen LogP contribution in [0.2, 0.25) is 0 Å². The summed E-state index contributed by atoms with van der Waals surface area (Å²) in [6, 6.07) is 8.70. The second kappa shape index (κ2) is 3.89. The molecule has 0 N–H and O–H groups in total. The van der Waals surface area contributed by atoms with E-state index in [9.17, 15) is 0 Å². The fraction of sp³-hybridized carbons (Fsp3) is 0.133. The van der Waals surface area contributed by atoms with Crippen LogP contribution in [0.25, 0.3) is 21.8 Å². The Labute approximate surface area is 109 Å². The normalized spacial score (nSPS) is 14.9. The lowest BCUT2D eigenvalue weighted by molar-refractivity contribution is 0.894. The molecule has 0 saturated heterocycles. The molecule has 0 fully saturated rings. The van der Waals surface area contributed by atoms with Crippen molar-refractivity contribution in [2.75, 3.05) is 0 Å². The highest BCUT2D eigenvalue weighted by atomic mass is 32.2. The second-order valence-corrected chi connectivity index (χ2v) is 5.39. The summed E-state index contributed by atoms with van der Waals surface area (Å²) in [7, 11) is 0. The van der Waals surface area contributed by atoms with Crippen LogP contribution in [-0.2, 0) is 12.3 Å². The largest absolute Gasteiger partial charge is 0.336 e. The highest BCUT2D eigenvalue weighted by molar-refractivity contribution is 8.01. The van der Waals surface area contributed by atoms with E-state index in [-0.39, 0.29) is 0 Å². The molecule has 0 unspecified atom stereocenters. The zero-order valence-electron chi connectivity index (χ0n) is 9.84. The van der Waals surface area contributed by atoms with Gasteiger partial charge in [0.25, 0.3) is 0 Å². The zero-order chi connectivity index (χ0) is 11.9. The van der Waals surface area contributed by atoms with Crippen LogP contribution in [0, 0.1) is 0 Å². The Morgan fingerprint density at radius 3 is 3.17 bits per heavy atom. The van der Waals surface area contributed by atoms with Gasteiger partial charge in [0, 0.05) is 35.5 Å². The van der Waals surface area contributed by atoms with Gasteiger partial charge in [-0.05, 0) is 17.0 Å². The summed E-state index contributed by atoms with van der Waals surface area (Å²) in [6.07, 6.45) is 6.09. The van der Waals surface area contributed by atoms with Crippen LogP contribution in [-0.4, -0.2) is 9.55 Å². The van der Waals surface area contributed by atoms with Crippen molar-refractivity contribution in [3.8, 4) is 0 Å². The molecule has 3 heterocycles. The molecule has 0 aliphatic carbocycles. The van der Waals surface area contributed by atoms with Crippen molar-refractivity contribution < 1.29 is 0 Å². The summed E-state index contributed by atoms with van der Waals surface area (Å²) < 4.78 is 2.40. The molecule has 0 amide bonds. The van der Waals surface area contributed by atoms with Crippen LogP contribution in [0.4, 0.5) is 0 Å². The van der Waals surface area contributed by atoms with Crippen LogP contribution in [0.1, 0.15) is 5.56 Å². The average molecular weight is 252 g/mol. The molecule has 3 heteroatoms. The third-order valence-corrected chi connectivity index (χ3v) is 4.35. The van der Waals surface area contributed by atoms with Gasteiger partial charge in [0.1, 0.15) is 0 Å². The Morgan fingerprint density at radius 2 is 2.17 bits per heavy atom. The molecular weight excluding hydrogens is 240 g/mol. The van der Waals surface area contributed by atoms with Crippen molar-refractivity contribution in [2.45, 2.75) is 12.3 Å². The average Bonchev–Trinajstić information content (AvgIpc) is 2.70. The van der Waals surface area contributed by atoms with Gasteiger partial charge in [-0.1, -0.05) is 24.3 Å². The minimum atomic E-state index is 0.939. The first-order valence-corrected chi connectivity index (χ1v) is 7.10. The van der Waals surface area contributed by atoms with Gasteiger partial charge in [-0.2, -0.15) is 0 Å². The van der Waals surface area contributed by atoms with E-state index in [2.05, 4.69) is 45.3 Å². The number of aromatic nitrogens is 2. The van der Waals surface area contributed by atoms with Crippen LogP contribution in [0.5, 0.6) is 0 Å².